The second-order valence-corrected chi connectivity index (χ2v) is 9.97. The van der Waals surface area contributed by atoms with Crippen LogP contribution in [0.2, 0.25) is 0 Å². The third-order valence-electron chi connectivity index (χ3n) is 6.95. The van der Waals surface area contributed by atoms with Gasteiger partial charge in [-0.3, -0.25) is 4.79 Å². The van der Waals surface area contributed by atoms with E-state index in [4.69, 9.17) is 14.2 Å². The van der Waals surface area contributed by atoms with Gasteiger partial charge in [0.1, 0.15) is 11.5 Å². The maximum atomic E-state index is 12.8. The maximum Gasteiger partial charge on any atom is 0.257 e. The molecule has 2 heterocycles. The van der Waals surface area contributed by atoms with Crippen LogP contribution in [0, 0.1) is 0 Å². The fourth-order valence-electron chi connectivity index (χ4n) is 4.92. The predicted molar refractivity (Wildman–Crippen MR) is 131 cm³/mol. The van der Waals surface area contributed by atoms with Crippen molar-refractivity contribution < 1.29 is 34.3 Å². The lowest BCUT2D eigenvalue weighted by molar-refractivity contribution is -0.142. The lowest BCUT2D eigenvalue weighted by Crippen LogP contribution is -2.52. The number of carbonyl (C=O) groups is 1. The van der Waals surface area contributed by atoms with Crippen molar-refractivity contribution in [3.8, 4) is 11.5 Å². The molecule has 2 aliphatic rings. The summed E-state index contributed by atoms with van der Waals surface area (Å²) in [5, 5.41) is 36.4. The number of anilines is 1. The predicted octanol–water partition coefficient (Wildman–Crippen LogP) is 3.33. The molecule has 35 heavy (non-hydrogen) atoms. The molecule has 0 aromatic heterocycles. The standard InChI is InChI=1S/C27H33NO7/c1-25(2,31)20-13-15-26(3,35-20)14-12-16-6-11-19-21(22(16)29)27(32,23(34-5)24(30)28-19)17-7-9-18(33-4)10-8-17/h6-12,14,20,23,29,31-32H,13,15H2,1-5H3,(H,28,30)/b14-12+. The van der Waals surface area contributed by atoms with Crippen LogP contribution in [0.15, 0.2) is 42.5 Å². The lowest BCUT2D eigenvalue weighted by Gasteiger charge is -2.40. The smallest absolute Gasteiger partial charge is 0.257 e. The Balaban J connectivity index is 1.77. The van der Waals surface area contributed by atoms with E-state index < -0.39 is 28.8 Å². The highest BCUT2D eigenvalue weighted by molar-refractivity contribution is 6.00. The minimum atomic E-state index is -1.95. The average Bonchev–Trinajstić information content (AvgIpc) is 3.21. The molecule has 4 rings (SSSR count). The van der Waals surface area contributed by atoms with Crippen molar-refractivity contribution in [3.05, 3.63) is 59.2 Å². The van der Waals surface area contributed by atoms with Gasteiger partial charge in [-0.25, -0.2) is 0 Å². The van der Waals surface area contributed by atoms with Crippen LogP contribution in [0.25, 0.3) is 6.08 Å². The van der Waals surface area contributed by atoms with Crippen LogP contribution >= 0.6 is 0 Å². The minimum Gasteiger partial charge on any atom is -0.507 e. The highest BCUT2D eigenvalue weighted by Crippen LogP contribution is 2.48. The zero-order chi connectivity index (χ0) is 25.6. The van der Waals surface area contributed by atoms with Crippen molar-refractivity contribution >= 4 is 17.7 Å². The van der Waals surface area contributed by atoms with Gasteiger partial charge in [-0.1, -0.05) is 24.3 Å². The maximum absolute atomic E-state index is 12.8. The fourth-order valence-corrected chi connectivity index (χ4v) is 4.92. The normalized spacial score (nSPS) is 28.7. The fraction of sp³-hybridized carbons (Fsp3) is 0.444. The van der Waals surface area contributed by atoms with Crippen molar-refractivity contribution in [1.82, 2.24) is 0 Å². The number of methoxy groups -OCH3 is 2. The second-order valence-electron chi connectivity index (χ2n) is 9.97. The molecule has 188 valence electrons. The van der Waals surface area contributed by atoms with Crippen molar-refractivity contribution in [2.75, 3.05) is 19.5 Å². The number of fused-ring (bicyclic) bond motifs is 1. The van der Waals surface area contributed by atoms with Gasteiger partial charge in [0, 0.05) is 12.7 Å². The molecule has 1 fully saturated rings. The zero-order valence-electron chi connectivity index (χ0n) is 20.7. The number of benzene rings is 2. The topological polar surface area (TPSA) is 117 Å². The summed E-state index contributed by atoms with van der Waals surface area (Å²) in [6.07, 6.45) is 3.40. The van der Waals surface area contributed by atoms with Crippen LogP contribution in [0.4, 0.5) is 5.69 Å². The first-order chi connectivity index (χ1) is 16.4. The summed E-state index contributed by atoms with van der Waals surface area (Å²) in [6.45, 7) is 5.38. The summed E-state index contributed by atoms with van der Waals surface area (Å²) in [4.78, 5) is 12.8. The molecule has 8 nitrogen and oxygen atoms in total. The molecule has 4 unspecified atom stereocenters. The Morgan fingerprint density at radius 2 is 1.86 bits per heavy atom. The monoisotopic (exact) mass is 483 g/mol. The van der Waals surface area contributed by atoms with Gasteiger partial charge in [-0.2, -0.15) is 0 Å². The Morgan fingerprint density at radius 3 is 2.43 bits per heavy atom. The van der Waals surface area contributed by atoms with Crippen molar-refractivity contribution in [2.24, 2.45) is 0 Å². The molecule has 0 bridgehead atoms. The molecule has 1 amide bonds. The molecular formula is C27H33NO7. The van der Waals surface area contributed by atoms with E-state index in [9.17, 15) is 20.1 Å². The van der Waals surface area contributed by atoms with Crippen molar-refractivity contribution in [1.29, 1.82) is 0 Å². The van der Waals surface area contributed by atoms with Gasteiger partial charge >= 0.3 is 0 Å². The Bertz CT molecular complexity index is 1140. The number of hydrogen-bond donors (Lipinski definition) is 4. The summed E-state index contributed by atoms with van der Waals surface area (Å²) in [6, 6.07) is 9.93. The van der Waals surface area contributed by atoms with Crippen LogP contribution in [0.1, 0.15) is 50.3 Å². The SMILES string of the molecule is COc1ccc(C2(O)c3c(ccc(/C=C/C4(C)CCC(C(C)(C)O)O4)c3O)NC(=O)C2OC)cc1. The molecule has 0 radical (unpaired) electrons. The van der Waals surface area contributed by atoms with Crippen LogP contribution in [0.5, 0.6) is 11.5 Å². The highest BCUT2D eigenvalue weighted by atomic mass is 16.5. The Kier molecular flexibility index (Phi) is 6.44. The number of phenolic OH excluding ortho intramolecular Hbond substituents is 1. The van der Waals surface area contributed by atoms with E-state index in [1.165, 1.54) is 14.2 Å². The number of amides is 1. The van der Waals surface area contributed by atoms with Crippen LogP contribution in [-0.4, -0.2) is 58.9 Å². The quantitative estimate of drug-likeness (QED) is 0.498. The lowest BCUT2D eigenvalue weighted by atomic mass is 9.76. The van der Waals surface area contributed by atoms with E-state index in [-0.39, 0.29) is 17.4 Å². The molecular weight excluding hydrogens is 450 g/mol. The Hall–Kier alpha value is -2.91. The molecule has 2 aliphatic heterocycles. The first-order valence-electron chi connectivity index (χ1n) is 11.6. The third kappa shape index (κ3) is 4.43. The second kappa shape index (κ2) is 8.95. The van der Waals surface area contributed by atoms with Crippen LogP contribution in [0.3, 0.4) is 0 Å². The Morgan fingerprint density at radius 1 is 1.17 bits per heavy atom. The molecule has 8 heteroatoms. The van der Waals surface area contributed by atoms with Crippen molar-refractivity contribution in [3.63, 3.8) is 0 Å². The molecule has 4 atom stereocenters. The van der Waals surface area contributed by atoms with Gasteiger partial charge in [-0.15, -0.1) is 0 Å². The molecule has 0 aliphatic carbocycles. The van der Waals surface area contributed by atoms with Gasteiger partial charge in [0.05, 0.1) is 35.7 Å². The number of rotatable bonds is 6. The van der Waals surface area contributed by atoms with E-state index in [0.717, 1.165) is 0 Å². The van der Waals surface area contributed by atoms with Gasteiger partial charge in [-0.05, 0) is 63.4 Å². The minimum absolute atomic E-state index is 0.142. The number of aromatic hydroxyl groups is 1. The number of hydrogen-bond acceptors (Lipinski definition) is 7. The number of carbonyl (C=O) groups excluding carboxylic acids is 1. The number of nitrogens with one attached hydrogen (secondary N) is 1. The van der Waals surface area contributed by atoms with E-state index >= 15 is 0 Å². The first kappa shape index (κ1) is 25.2. The zero-order valence-corrected chi connectivity index (χ0v) is 20.7. The Labute approximate surface area is 205 Å². The summed E-state index contributed by atoms with van der Waals surface area (Å²) >= 11 is 0. The molecule has 0 saturated carbocycles. The van der Waals surface area contributed by atoms with Crippen LogP contribution in [-0.2, 0) is 19.9 Å². The van der Waals surface area contributed by atoms with Crippen LogP contribution < -0.4 is 10.1 Å². The van der Waals surface area contributed by atoms with E-state index in [2.05, 4.69) is 5.32 Å². The summed E-state index contributed by atoms with van der Waals surface area (Å²) in [5.41, 5.74) is -2.28. The van der Waals surface area contributed by atoms with Crippen molar-refractivity contribution in [2.45, 2.75) is 62.6 Å². The molecule has 2 aromatic carbocycles. The third-order valence-corrected chi connectivity index (χ3v) is 6.95. The molecule has 1 saturated heterocycles. The van der Waals surface area contributed by atoms with Gasteiger partial charge in [0.2, 0.25) is 0 Å². The van der Waals surface area contributed by atoms with E-state index in [0.29, 0.717) is 35.4 Å². The number of aliphatic hydroxyl groups is 2. The number of phenols is 1. The summed E-state index contributed by atoms with van der Waals surface area (Å²) < 4.78 is 16.7. The van der Waals surface area contributed by atoms with Gasteiger partial charge in [0.15, 0.2) is 11.7 Å². The van der Waals surface area contributed by atoms with E-state index in [1.54, 1.807) is 56.3 Å². The largest absolute Gasteiger partial charge is 0.507 e. The van der Waals surface area contributed by atoms with Gasteiger partial charge < -0.3 is 34.8 Å². The molecule has 0 spiro atoms. The summed E-state index contributed by atoms with van der Waals surface area (Å²) in [5.74, 6) is -0.118. The van der Waals surface area contributed by atoms with Gasteiger partial charge in [0.25, 0.3) is 5.91 Å². The highest BCUT2D eigenvalue weighted by Gasteiger charge is 2.51. The number of ether oxygens (including phenoxy) is 3. The average molecular weight is 484 g/mol. The molecule has 4 N–H and O–H groups in total. The first-order valence-corrected chi connectivity index (χ1v) is 11.6. The van der Waals surface area contributed by atoms with E-state index in [1.807, 2.05) is 13.0 Å². The molecule has 2 aromatic rings. The summed E-state index contributed by atoms with van der Waals surface area (Å²) in [7, 11) is 2.87.